The fourth-order valence-electron chi connectivity index (χ4n) is 1.64. The molecule has 0 spiro atoms. The lowest BCUT2D eigenvalue weighted by Gasteiger charge is -2.08. The van der Waals surface area contributed by atoms with Crippen LogP contribution in [0.4, 0.5) is 4.39 Å². The maximum atomic E-state index is 13.5. The molecule has 1 aromatic heterocycles. The summed E-state index contributed by atoms with van der Waals surface area (Å²) in [6.45, 7) is 0.810. The van der Waals surface area contributed by atoms with Gasteiger partial charge in [0.15, 0.2) is 0 Å². The van der Waals surface area contributed by atoms with Crippen LogP contribution >= 0.6 is 15.9 Å². The SMILES string of the molecule is O=S(=O)(NCCCn1cccn1)c1cc(Br)ccc1F. The van der Waals surface area contributed by atoms with Gasteiger partial charge in [-0.25, -0.2) is 17.5 Å². The number of sulfonamides is 1. The number of benzene rings is 1. The number of rotatable bonds is 6. The maximum absolute atomic E-state index is 13.5. The standard InChI is InChI=1S/C12H13BrFN3O2S/c13-10-3-4-11(14)12(9-10)20(18,19)16-6-2-8-17-7-1-5-15-17/h1,3-5,7,9,16H,2,6,8H2. The van der Waals surface area contributed by atoms with Crippen LogP contribution < -0.4 is 4.72 Å². The highest BCUT2D eigenvalue weighted by atomic mass is 79.9. The maximum Gasteiger partial charge on any atom is 0.243 e. The molecule has 0 unspecified atom stereocenters. The Kier molecular flexibility index (Phi) is 4.90. The second-order valence-corrected chi connectivity index (χ2v) is 6.75. The van der Waals surface area contributed by atoms with Crippen LogP contribution in [-0.4, -0.2) is 24.7 Å². The van der Waals surface area contributed by atoms with Crippen LogP contribution in [0.5, 0.6) is 0 Å². The summed E-state index contributed by atoms with van der Waals surface area (Å²) >= 11 is 3.13. The zero-order chi connectivity index (χ0) is 14.6. The highest BCUT2D eigenvalue weighted by molar-refractivity contribution is 9.10. The van der Waals surface area contributed by atoms with Crippen molar-refractivity contribution in [2.24, 2.45) is 0 Å². The lowest BCUT2D eigenvalue weighted by molar-refractivity contribution is 0.541. The minimum Gasteiger partial charge on any atom is -0.273 e. The summed E-state index contributed by atoms with van der Waals surface area (Å²) in [6, 6.07) is 5.60. The van der Waals surface area contributed by atoms with Crippen molar-refractivity contribution in [3.8, 4) is 0 Å². The predicted molar refractivity (Wildman–Crippen MR) is 76.1 cm³/mol. The lowest BCUT2D eigenvalue weighted by Crippen LogP contribution is -2.26. The Balaban J connectivity index is 1.95. The average Bonchev–Trinajstić information content (AvgIpc) is 2.90. The number of aromatic nitrogens is 2. The second-order valence-electron chi connectivity index (χ2n) is 4.10. The van der Waals surface area contributed by atoms with Gasteiger partial charge in [-0.1, -0.05) is 15.9 Å². The Morgan fingerprint density at radius 1 is 1.40 bits per heavy atom. The Bertz CT molecular complexity index is 674. The molecule has 108 valence electrons. The topological polar surface area (TPSA) is 64.0 Å². The Morgan fingerprint density at radius 3 is 2.90 bits per heavy atom. The lowest BCUT2D eigenvalue weighted by atomic mass is 10.3. The van der Waals surface area contributed by atoms with Crippen molar-refractivity contribution >= 4 is 26.0 Å². The van der Waals surface area contributed by atoms with Gasteiger partial charge in [0.2, 0.25) is 10.0 Å². The van der Waals surface area contributed by atoms with Crippen molar-refractivity contribution in [2.45, 2.75) is 17.9 Å². The quantitative estimate of drug-likeness (QED) is 0.801. The average molecular weight is 362 g/mol. The van der Waals surface area contributed by atoms with Gasteiger partial charge in [-0.2, -0.15) is 5.10 Å². The van der Waals surface area contributed by atoms with Gasteiger partial charge < -0.3 is 0 Å². The normalized spacial score (nSPS) is 11.7. The predicted octanol–water partition coefficient (Wildman–Crippen LogP) is 2.15. The van der Waals surface area contributed by atoms with E-state index in [2.05, 4.69) is 25.8 Å². The van der Waals surface area contributed by atoms with Gasteiger partial charge in [0.1, 0.15) is 10.7 Å². The number of nitrogens with zero attached hydrogens (tertiary/aromatic N) is 2. The van der Waals surface area contributed by atoms with Crippen LogP contribution in [0, 0.1) is 5.82 Å². The number of hydrogen-bond acceptors (Lipinski definition) is 3. The van der Waals surface area contributed by atoms with E-state index < -0.39 is 15.8 Å². The van der Waals surface area contributed by atoms with Crippen molar-refractivity contribution in [3.05, 3.63) is 46.9 Å². The van der Waals surface area contributed by atoms with Gasteiger partial charge in [-0.15, -0.1) is 0 Å². The van der Waals surface area contributed by atoms with E-state index in [1.807, 2.05) is 0 Å². The molecule has 0 atom stereocenters. The van der Waals surface area contributed by atoms with Crippen molar-refractivity contribution < 1.29 is 12.8 Å². The van der Waals surface area contributed by atoms with E-state index in [-0.39, 0.29) is 11.4 Å². The number of aryl methyl sites for hydroxylation is 1. The van der Waals surface area contributed by atoms with Gasteiger partial charge in [0.05, 0.1) is 0 Å². The number of hydrogen-bond donors (Lipinski definition) is 1. The summed E-state index contributed by atoms with van der Waals surface area (Å²) in [5, 5.41) is 4.01. The smallest absolute Gasteiger partial charge is 0.243 e. The molecule has 0 saturated carbocycles. The van der Waals surface area contributed by atoms with Gasteiger partial charge in [0.25, 0.3) is 0 Å². The Morgan fingerprint density at radius 2 is 2.20 bits per heavy atom. The monoisotopic (exact) mass is 361 g/mol. The molecular formula is C12H13BrFN3O2S. The highest BCUT2D eigenvalue weighted by Crippen LogP contribution is 2.19. The fourth-order valence-corrected chi connectivity index (χ4v) is 3.33. The molecule has 2 aromatic rings. The molecule has 1 N–H and O–H groups in total. The summed E-state index contributed by atoms with van der Waals surface area (Å²) in [5.74, 6) is -0.771. The first-order valence-electron chi connectivity index (χ1n) is 5.91. The molecule has 5 nitrogen and oxygen atoms in total. The summed E-state index contributed by atoms with van der Waals surface area (Å²) in [4.78, 5) is -0.356. The van der Waals surface area contributed by atoms with Crippen molar-refractivity contribution in [3.63, 3.8) is 0 Å². The third-order valence-corrected chi connectivity index (χ3v) is 4.57. The molecule has 0 aliphatic carbocycles. The Labute approximate surface area is 125 Å². The van der Waals surface area contributed by atoms with E-state index >= 15 is 0 Å². The van der Waals surface area contributed by atoms with E-state index in [1.54, 1.807) is 23.1 Å². The van der Waals surface area contributed by atoms with Crippen LogP contribution in [-0.2, 0) is 16.6 Å². The fraction of sp³-hybridized carbons (Fsp3) is 0.250. The molecule has 2 rings (SSSR count). The van der Waals surface area contributed by atoms with Gasteiger partial charge in [-0.05, 0) is 30.7 Å². The second kappa shape index (κ2) is 6.47. The molecule has 0 radical (unpaired) electrons. The van der Waals surface area contributed by atoms with Crippen LogP contribution in [0.2, 0.25) is 0 Å². The number of halogens is 2. The van der Waals surface area contributed by atoms with E-state index in [4.69, 9.17) is 0 Å². The van der Waals surface area contributed by atoms with Crippen molar-refractivity contribution in [1.82, 2.24) is 14.5 Å². The molecular weight excluding hydrogens is 349 g/mol. The molecule has 8 heteroatoms. The highest BCUT2D eigenvalue weighted by Gasteiger charge is 2.18. The summed E-state index contributed by atoms with van der Waals surface area (Å²) in [6.07, 6.45) is 4.01. The molecule has 0 saturated heterocycles. The van der Waals surface area contributed by atoms with Crippen LogP contribution in [0.15, 0.2) is 46.0 Å². The molecule has 0 fully saturated rings. The summed E-state index contributed by atoms with van der Waals surface area (Å²) in [5.41, 5.74) is 0. The van der Waals surface area contributed by atoms with Crippen molar-refractivity contribution in [2.75, 3.05) is 6.54 Å². The molecule has 0 amide bonds. The first-order valence-corrected chi connectivity index (χ1v) is 8.19. The Hall–Kier alpha value is -1.25. The van der Waals surface area contributed by atoms with Crippen LogP contribution in [0.1, 0.15) is 6.42 Å². The molecule has 0 aliphatic heterocycles. The van der Waals surface area contributed by atoms with E-state index in [0.29, 0.717) is 17.4 Å². The first-order chi connectivity index (χ1) is 9.49. The van der Waals surface area contributed by atoms with Crippen LogP contribution in [0.3, 0.4) is 0 Å². The minimum atomic E-state index is -3.84. The largest absolute Gasteiger partial charge is 0.273 e. The van der Waals surface area contributed by atoms with Crippen LogP contribution in [0.25, 0.3) is 0 Å². The zero-order valence-electron chi connectivity index (χ0n) is 10.5. The molecule has 1 aromatic carbocycles. The van der Waals surface area contributed by atoms with Crippen molar-refractivity contribution in [1.29, 1.82) is 0 Å². The summed E-state index contributed by atoms with van der Waals surface area (Å²) < 4.78 is 42.1. The molecule has 20 heavy (non-hydrogen) atoms. The van der Waals surface area contributed by atoms with Gasteiger partial charge >= 0.3 is 0 Å². The molecule has 0 bridgehead atoms. The van der Waals surface area contributed by atoms with Gasteiger partial charge in [0, 0.05) is 30.0 Å². The molecule has 0 aliphatic rings. The van der Waals surface area contributed by atoms with E-state index in [1.165, 1.54) is 12.1 Å². The molecule has 1 heterocycles. The van der Waals surface area contributed by atoms with E-state index in [0.717, 1.165) is 6.07 Å². The first kappa shape index (κ1) is 15.1. The van der Waals surface area contributed by atoms with E-state index in [9.17, 15) is 12.8 Å². The minimum absolute atomic E-state index is 0.216. The third kappa shape index (κ3) is 3.87. The third-order valence-electron chi connectivity index (χ3n) is 2.60. The van der Waals surface area contributed by atoms with Gasteiger partial charge in [-0.3, -0.25) is 4.68 Å². The zero-order valence-corrected chi connectivity index (χ0v) is 12.9. The summed E-state index contributed by atoms with van der Waals surface area (Å²) in [7, 11) is -3.84. The number of nitrogens with one attached hydrogen (secondary N) is 1.